The van der Waals surface area contributed by atoms with Crippen molar-refractivity contribution in [1.29, 1.82) is 0 Å². The van der Waals surface area contributed by atoms with E-state index in [9.17, 15) is 0 Å². The van der Waals surface area contributed by atoms with Crippen LogP contribution in [0.4, 0.5) is 0 Å². The smallest absolute Gasteiger partial charge is 0.231 e. The van der Waals surface area contributed by atoms with Crippen LogP contribution in [0.15, 0.2) is 30.3 Å². The molecule has 1 atom stereocenters. The fourth-order valence-electron chi connectivity index (χ4n) is 4.39. The van der Waals surface area contributed by atoms with E-state index in [-0.39, 0.29) is 12.8 Å². The van der Waals surface area contributed by atoms with Gasteiger partial charge in [0.25, 0.3) is 0 Å². The Hall–Kier alpha value is -3.33. The molecule has 3 heterocycles. The van der Waals surface area contributed by atoms with Gasteiger partial charge in [0.05, 0.1) is 46.1 Å². The van der Waals surface area contributed by atoms with Gasteiger partial charge in [0.2, 0.25) is 18.4 Å². The Morgan fingerprint density at radius 3 is 2.63 bits per heavy atom. The second-order valence-electron chi connectivity index (χ2n) is 8.02. The van der Waals surface area contributed by atoms with Gasteiger partial charge in [-0.2, -0.15) is 4.68 Å². The number of nitrogens with zero attached hydrogens (tertiary/aromatic N) is 5. The molecule has 2 aliphatic heterocycles. The van der Waals surface area contributed by atoms with Crippen molar-refractivity contribution in [2.45, 2.75) is 12.5 Å². The number of hydrogen-bond donors (Lipinski definition) is 0. The topological polar surface area (TPSA) is 80.5 Å². The van der Waals surface area contributed by atoms with Gasteiger partial charge in [-0.3, -0.25) is 0 Å². The van der Waals surface area contributed by atoms with E-state index in [1.807, 2.05) is 24.3 Å². The van der Waals surface area contributed by atoms with Crippen LogP contribution in [0.1, 0.15) is 23.0 Å². The molecule has 0 saturated heterocycles. The van der Waals surface area contributed by atoms with Crippen molar-refractivity contribution in [2.75, 3.05) is 41.7 Å². The van der Waals surface area contributed by atoms with Crippen LogP contribution in [-0.2, 0) is 6.42 Å². The summed E-state index contributed by atoms with van der Waals surface area (Å²) < 4.78 is 25.0. The molecule has 0 unspecified atom stereocenters. The first-order valence-electron chi connectivity index (χ1n) is 9.78. The number of benzene rings is 2. The molecule has 0 saturated carbocycles. The summed E-state index contributed by atoms with van der Waals surface area (Å²) in [5, 5.41) is 12.7. The first kappa shape index (κ1) is 18.7. The number of fused-ring (bicyclic) bond motifs is 2. The largest absolute Gasteiger partial charge is 0.497 e. The number of methoxy groups -OCH3 is 2. The molecular weight excluding hydrogens is 386 g/mol. The highest BCUT2D eigenvalue weighted by Crippen LogP contribution is 2.51. The van der Waals surface area contributed by atoms with Gasteiger partial charge in [-0.1, -0.05) is 0 Å². The van der Waals surface area contributed by atoms with Gasteiger partial charge in [-0.05, 0) is 46.3 Å². The second-order valence-corrected chi connectivity index (χ2v) is 8.02. The van der Waals surface area contributed by atoms with E-state index < -0.39 is 0 Å². The molecule has 9 nitrogen and oxygen atoms in total. The maximum Gasteiger partial charge on any atom is 0.231 e. The average molecular weight is 410 g/mol. The minimum absolute atomic E-state index is 0.143. The maximum absolute atomic E-state index is 5.84. The molecule has 5 rings (SSSR count). The highest BCUT2D eigenvalue weighted by molar-refractivity contribution is 5.62. The summed E-state index contributed by atoms with van der Waals surface area (Å²) >= 11 is 0. The van der Waals surface area contributed by atoms with Crippen molar-refractivity contribution in [1.82, 2.24) is 20.2 Å². The number of likely N-dealkylation sites (N-methyl/N-ethyl adjacent to an activating group) is 1. The molecule has 2 aliphatic rings. The van der Waals surface area contributed by atoms with Crippen LogP contribution in [0.25, 0.3) is 5.69 Å². The summed E-state index contributed by atoms with van der Waals surface area (Å²) in [5.41, 5.74) is 3.08. The molecule has 0 spiro atoms. The molecule has 0 aliphatic carbocycles. The zero-order valence-corrected chi connectivity index (χ0v) is 17.5. The average Bonchev–Trinajstić information content (AvgIpc) is 3.41. The number of ether oxygens (including phenoxy) is 4. The van der Waals surface area contributed by atoms with Crippen LogP contribution in [0.2, 0.25) is 0 Å². The highest BCUT2D eigenvalue weighted by atomic mass is 16.7. The van der Waals surface area contributed by atoms with Gasteiger partial charge in [0, 0.05) is 6.42 Å². The maximum atomic E-state index is 5.84. The normalized spacial score (nSPS) is 18.7. The second kappa shape index (κ2) is 6.88. The standard InChI is InChI=1S/C21H24N5O4/c1-26(2)10-9-13-11-16-19(30-12-29-16)20(28-4)17(13)18(26)21-22-23-24-25(21)14-5-7-15(27-3)8-6-14/h5-8,11,18H,9-10,12H2,1-4H3/q+1/t18-/m1/s1. The van der Waals surface area contributed by atoms with Crippen LogP contribution in [0, 0.1) is 0 Å². The summed E-state index contributed by atoms with van der Waals surface area (Å²) in [6.07, 6.45) is 0.899. The van der Waals surface area contributed by atoms with Crippen molar-refractivity contribution in [3.05, 3.63) is 47.3 Å². The Bertz CT molecular complexity index is 1090. The van der Waals surface area contributed by atoms with E-state index >= 15 is 0 Å². The van der Waals surface area contributed by atoms with Crippen LogP contribution >= 0.6 is 0 Å². The molecule has 3 aromatic rings. The summed E-state index contributed by atoms with van der Waals surface area (Å²) in [6, 6.07) is 9.60. The highest BCUT2D eigenvalue weighted by Gasteiger charge is 2.45. The van der Waals surface area contributed by atoms with Crippen molar-refractivity contribution in [3.63, 3.8) is 0 Å². The van der Waals surface area contributed by atoms with Crippen molar-refractivity contribution >= 4 is 0 Å². The predicted molar refractivity (Wildman–Crippen MR) is 107 cm³/mol. The van der Waals surface area contributed by atoms with Gasteiger partial charge in [-0.15, -0.1) is 5.10 Å². The Labute approximate surface area is 174 Å². The number of aromatic nitrogens is 4. The number of quaternary nitrogens is 1. The van der Waals surface area contributed by atoms with Gasteiger partial charge in [0.1, 0.15) is 5.75 Å². The molecule has 0 radical (unpaired) electrons. The minimum Gasteiger partial charge on any atom is -0.497 e. The Kier molecular flexibility index (Phi) is 4.28. The summed E-state index contributed by atoms with van der Waals surface area (Å²) in [7, 11) is 7.68. The Morgan fingerprint density at radius 2 is 1.90 bits per heavy atom. The van der Waals surface area contributed by atoms with E-state index in [0.29, 0.717) is 16.0 Å². The quantitative estimate of drug-likeness (QED) is 0.610. The first-order chi connectivity index (χ1) is 14.5. The third kappa shape index (κ3) is 2.77. The fourth-order valence-corrected chi connectivity index (χ4v) is 4.39. The molecule has 156 valence electrons. The summed E-state index contributed by atoms with van der Waals surface area (Å²) in [5.74, 6) is 3.59. The SMILES string of the molecule is COc1ccc(-n2nnnc2[C@H]2c3c(cc4c(c3OC)OCO4)CC[N+]2(C)C)cc1. The molecule has 0 bridgehead atoms. The molecular formula is C21H24N5O4+. The van der Waals surface area contributed by atoms with Crippen LogP contribution in [0.5, 0.6) is 23.0 Å². The van der Waals surface area contributed by atoms with Gasteiger partial charge >= 0.3 is 0 Å². The third-order valence-corrected chi connectivity index (χ3v) is 5.93. The lowest BCUT2D eigenvalue weighted by molar-refractivity contribution is -0.917. The van der Waals surface area contributed by atoms with Crippen molar-refractivity contribution in [2.24, 2.45) is 0 Å². The number of rotatable bonds is 4. The first-order valence-corrected chi connectivity index (χ1v) is 9.78. The lowest BCUT2D eigenvalue weighted by Gasteiger charge is -2.42. The summed E-state index contributed by atoms with van der Waals surface area (Å²) in [4.78, 5) is 0. The molecule has 1 aromatic heterocycles. The van der Waals surface area contributed by atoms with Gasteiger partial charge < -0.3 is 23.4 Å². The van der Waals surface area contributed by atoms with Crippen molar-refractivity contribution in [3.8, 4) is 28.7 Å². The zero-order valence-electron chi connectivity index (χ0n) is 17.5. The predicted octanol–water partition coefficient (Wildman–Crippen LogP) is 2.13. The van der Waals surface area contributed by atoms with E-state index in [0.717, 1.165) is 41.5 Å². The number of tetrazole rings is 1. The van der Waals surface area contributed by atoms with E-state index in [2.05, 4.69) is 35.7 Å². The fraction of sp³-hybridized carbons (Fsp3) is 0.381. The Balaban J connectivity index is 1.70. The zero-order chi connectivity index (χ0) is 20.9. The molecule has 9 heteroatoms. The lowest BCUT2D eigenvalue weighted by Crippen LogP contribution is -2.49. The van der Waals surface area contributed by atoms with Gasteiger partial charge in [-0.25, -0.2) is 0 Å². The van der Waals surface area contributed by atoms with Crippen LogP contribution in [0.3, 0.4) is 0 Å². The molecule has 30 heavy (non-hydrogen) atoms. The van der Waals surface area contributed by atoms with Crippen LogP contribution < -0.4 is 18.9 Å². The molecule has 0 N–H and O–H groups in total. The Morgan fingerprint density at radius 1 is 1.10 bits per heavy atom. The monoisotopic (exact) mass is 410 g/mol. The van der Waals surface area contributed by atoms with E-state index in [1.54, 1.807) is 18.9 Å². The van der Waals surface area contributed by atoms with Gasteiger partial charge in [0.15, 0.2) is 17.5 Å². The van der Waals surface area contributed by atoms with E-state index in [1.165, 1.54) is 5.56 Å². The molecule has 2 aromatic carbocycles. The number of hydrogen-bond acceptors (Lipinski definition) is 7. The molecule has 0 amide bonds. The third-order valence-electron chi connectivity index (χ3n) is 5.93. The van der Waals surface area contributed by atoms with E-state index in [4.69, 9.17) is 18.9 Å². The molecule has 0 fully saturated rings. The van der Waals surface area contributed by atoms with Crippen LogP contribution in [-0.4, -0.2) is 66.3 Å². The van der Waals surface area contributed by atoms with Crippen molar-refractivity contribution < 1.29 is 23.4 Å². The minimum atomic E-state index is -0.143. The summed E-state index contributed by atoms with van der Waals surface area (Å²) in [6.45, 7) is 1.12. The lowest BCUT2D eigenvalue weighted by atomic mass is 9.88.